The second-order valence-electron chi connectivity index (χ2n) is 8.92. The fraction of sp³-hybridized carbons (Fsp3) is 0.458. The van der Waals surface area contributed by atoms with Crippen LogP contribution in [0.5, 0.6) is 0 Å². The SMILES string of the molecule is CC(C)(C)OC(=O)NCCN1C2C=C(c3ccc4ccccc4c3)CC1CC2. The monoisotopic (exact) mass is 378 g/mol. The molecule has 1 N–H and O–H groups in total. The Labute approximate surface area is 167 Å². The smallest absolute Gasteiger partial charge is 0.407 e. The van der Waals surface area contributed by atoms with Gasteiger partial charge >= 0.3 is 6.09 Å². The molecule has 0 aromatic heterocycles. The molecule has 148 valence electrons. The average molecular weight is 379 g/mol. The minimum absolute atomic E-state index is 0.329. The molecule has 0 aliphatic carbocycles. The lowest BCUT2D eigenvalue weighted by molar-refractivity contribution is 0.0518. The maximum absolute atomic E-state index is 11.9. The number of hydrogen-bond acceptors (Lipinski definition) is 3. The summed E-state index contributed by atoms with van der Waals surface area (Å²) in [6.07, 6.45) is 5.63. The van der Waals surface area contributed by atoms with E-state index < -0.39 is 5.60 Å². The first-order valence-corrected chi connectivity index (χ1v) is 10.3. The number of benzene rings is 2. The van der Waals surface area contributed by atoms with E-state index in [0.717, 1.165) is 13.0 Å². The third-order valence-electron chi connectivity index (χ3n) is 5.70. The largest absolute Gasteiger partial charge is 0.444 e. The van der Waals surface area contributed by atoms with E-state index in [1.165, 1.54) is 34.8 Å². The molecule has 2 aromatic carbocycles. The van der Waals surface area contributed by atoms with E-state index in [-0.39, 0.29) is 6.09 Å². The van der Waals surface area contributed by atoms with Crippen molar-refractivity contribution in [1.82, 2.24) is 10.2 Å². The molecule has 2 aromatic rings. The third-order valence-corrected chi connectivity index (χ3v) is 5.70. The Kier molecular flexibility index (Phi) is 5.15. The maximum Gasteiger partial charge on any atom is 0.407 e. The van der Waals surface area contributed by atoms with Crippen LogP contribution in [0.3, 0.4) is 0 Å². The van der Waals surface area contributed by atoms with Crippen molar-refractivity contribution in [3.63, 3.8) is 0 Å². The number of ether oxygens (including phenoxy) is 1. The standard InChI is InChI=1S/C24H30N2O2/c1-24(2,3)28-23(27)25-12-13-26-21-10-11-22(26)16-20(15-21)19-9-8-17-6-4-5-7-18(17)14-19/h4-9,14-15,21-22H,10-13,16H2,1-3H3,(H,25,27). The first-order chi connectivity index (χ1) is 13.4. The van der Waals surface area contributed by atoms with Crippen LogP contribution in [0.25, 0.3) is 16.3 Å². The van der Waals surface area contributed by atoms with E-state index >= 15 is 0 Å². The van der Waals surface area contributed by atoms with Gasteiger partial charge in [-0.1, -0.05) is 42.5 Å². The van der Waals surface area contributed by atoms with E-state index in [0.29, 0.717) is 18.6 Å². The highest BCUT2D eigenvalue weighted by Gasteiger charge is 2.36. The van der Waals surface area contributed by atoms with Crippen LogP contribution in [0.1, 0.15) is 45.6 Å². The number of hydrogen-bond donors (Lipinski definition) is 1. The van der Waals surface area contributed by atoms with Crippen molar-refractivity contribution >= 4 is 22.4 Å². The Balaban J connectivity index is 1.40. The van der Waals surface area contributed by atoms with Gasteiger partial charge in [0.1, 0.15) is 5.60 Å². The Hall–Kier alpha value is -2.33. The molecule has 0 spiro atoms. The van der Waals surface area contributed by atoms with Crippen LogP contribution in [0.2, 0.25) is 0 Å². The van der Waals surface area contributed by atoms with Gasteiger partial charge in [-0.25, -0.2) is 4.79 Å². The zero-order chi connectivity index (χ0) is 19.7. The molecule has 2 atom stereocenters. The topological polar surface area (TPSA) is 41.6 Å². The number of nitrogens with one attached hydrogen (secondary N) is 1. The molecule has 2 aliphatic rings. The summed E-state index contributed by atoms with van der Waals surface area (Å²) < 4.78 is 5.33. The first-order valence-electron chi connectivity index (χ1n) is 10.3. The van der Waals surface area contributed by atoms with Crippen molar-refractivity contribution in [3.05, 3.63) is 54.1 Å². The van der Waals surface area contributed by atoms with Crippen molar-refractivity contribution < 1.29 is 9.53 Å². The summed E-state index contributed by atoms with van der Waals surface area (Å²) in [5, 5.41) is 5.49. The van der Waals surface area contributed by atoms with Gasteiger partial charge in [-0.15, -0.1) is 0 Å². The molecule has 4 nitrogen and oxygen atoms in total. The molecule has 2 unspecified atom stereocenters. The summed E-state index contributed by atoms with van der Waals surface area (Å²) in [6, 6.07) is 16.4. The molecule has 2 heterocycles. The van der Waals surface area contributed by atoms with Gasteiger partial charge in [0.15, 0.2) is 0 Å². The van der Waals surface area contributed by atoms with Gasteiger partial charge in [0.05, 0.1) is 0 Å². The molecule has 2 aliphatic heterocycles. The third kappa shape index (κ3) is 4.22. The van der Waals surface area contributed by atoms with Crippen molar-refractivity contribution in [1.29, 1.82) is 0 Å². The highest BCUT2D eigenvalue weighted by molar-refractivity contribution is 5.86. The number of rotatable bonds is 4. The van der Waals surface area contributed by atoms with Gasteiger partial charge in [-0.05, 0) is 68.0 Å². The Morgan fingerprint density at radius 3 is 2.68 bits per heavy atom. The lowest BCUT2D eigenvalue weighted by atomic mass is 9.93. The lowest BCUT2D eigenvalue weighted by Gasteiger charge is -2.34. The fourth-order valence-electron chi connectivity index (χ4n) is 4.47. The normalized spacial score (nSPS) is 22.2. The quantitative estimate of drug-likeness (QED) is 0.815. The van der Waals surface area contributed by atoms with E-state index in [9.17, 15) is 4.79 Å². The van der Waals surface area contributed by atoms with Crippen LogP contribution in [0.15, 0.2) is 48.5 Å². The number of carbonyl (C=O) groups is 1. The van der Waals surface area contributed by atoms with Crippen LogP contribution in [-0.2, 0) is 4.74 Å². The van der Waals surface area contributed by atoms with Gasteiger partial charge in [0.25, 0.3) is 0 Å². The fourth-order valence-corrected chi connectivity index (χ4v) is 4.47. The Bertz CT molecular complexity index is 897. The molecule has 0 saturated carbocycles. The molecular formula is C24H30N2O2. The van der Waals surface area contributed by atoms with Crippen molar-refractivity contribution in [3.8, 4) is 0 Å². The van der Waals surface area contributed by atoms with E-state index in [1.54, 1.807) is 0 Å². The summed E-state index contributed by atoms with van der Waals surface area (Å²) in [7, 11) is 0. The van der Waals surface area contributed by atoms with Crippen LogP contribution < -0.4 is 5.32 Å². The number of nitrogens with zero attached hydrogens (tertiary/aromatic N) is 1. The van der Waals surface area contributed by atoms with Gasteiger partial charge in [-0.2, -0.15) is 0 Å². The van der Waals surface area contributed by atoms with Crippen LogP contribution in [0.4, 0.5) is 4.79 Å². The number of fused-ring (bicyclic) bond motifs is 3. The molecule has 28 heavy (non-hydrogen) atoms. The molecule has 1 amide bonds. The predicted molar refractivity (Wildman–Crippen MR) is 114 cm³/mol. The average Bonchev–Trinajstić information content (AvgIpc) is 2.87. The molecule has 2 bridgehead atoms. The molecule has 4 heteroatoms. The Morgan fingerprint density at radius 2 is 1.93 bits per heavy atom. The van der Waals surface area contributed by atoms with E-state index in [1.807, 2.05) is 20.8 Å². The Morgan fingerprint density at radius 1 is 1.14 bits per heavy atom. The second kappa shape index (κ2) is 7.59. The predicted octanol–water partition coefficient (Wildman–Crippen LogP) is 4.98. The number of alkyl carbamates (subject to hydrolysis) is 1. The van der Waals surface area contributed by atoms with Crippen molar-refractivity contribution in [2.75, 3.05) is 13.1 Å². The summed E-state index contributed by atoms with van der Waals surface area (Å²) in [6.45, 7) is 7.15. The minimum Gasteiger partial charge on any atom is -0.444 e. The highest BCUT2D eigenvalue weighted by Crippen LogP contribution is 2.38. The summed E-state index contributed by atoms with van der Waals surface area (Å²) >= 11 is 0. The van der Waals surface area contributed by atoms with Gasteiger partial charge in [0.2, 0.25) is 0 Å². The molecule has 1 saturated heterocycles. The molecule has 1 fully saturated rings. The van der Waals surface area contributed by atoms with Crippen molar-refractivity contribution in [2.24, 2.45) is 0 Å². The molecule has 4 rings (SSSR count). The van der Waals surface area contributed by atoms with Gasteiger partial charge < -0.3 is 10.1 Å². The molecule has 0 radical (unpaired) electrons. The minimum atomic E-state index is -0.453. The van der Waals surface area contributed by atoms with Gasteiger partial charge in [0, 0.05) is 25.2 Å². The van der Waals surface area contributed by atoms with E-state index in [2.05, 4.69) is 58.8 Å². The lowest BCUT2D eigenvalue weighted by Crippen LogP contribution is -2.44. The van der Waals surface area contributed by atoms with Crippen LogP contribution >= 0.6 is 0 Å². The summed E-state index contributed by atoms with van der Waals surface area (Å²) in [4.78, 5) is 14.4. The summed E-state index contributed by atoms with van der Waals surface area (Å²) in [5.74, 6) is 0. The first kappa shape index (κ1) is 19.0. The van der Waals surface area contributed by atoms with Crippen LogP contribution in [-0.4, -0.2) is 41.8 Å². The van der Waals surface area contributed by atoms with Crippen molar-refractivity contribution in [2.45, 2.75) is 57.7 Å². The zero-order valence-electron chi connectivity index (χ0n) is 17.1. The highest BCUT2D eigenvalue weighted by atomic mass is 16.6. The second-order valence-corrected chi connectivity index (χ2v) is 8.92. The maximum atomic E-state index is 11.9. The van der Waals surface area contributed by atoms with Gasteiger partial charge in [-0.3, -0.25) is 4.90 Å². The summed E-state index contributed by atoms with van der Waals surface area (Å²) in [5.41, 5.74) is 2.36. The van der Waals surface area contributed by atoms with E-state index in [4.69, 9.17) is 4.74 Å². The zero-order valence-corrected chi connectivity index (χ0v) is 17.1. The van der Waals surface area contributed by atoms with Crippen LogP contribution in [0, 0.1) is 0 Å². The number of carbonyl (C=O) groups excluding carboxylic acids is 1. The number of amides is 1. The molecular weight excluding hydrogens is 348 g/mol.